The zero-order valence-electron chi connectivity index (χ0n) is 14.4. The first kappa shape index (κ1) is 18.4. The van der Waals surface area contributed by atoms with Crippen LogP contribution < -0.4 is 10.2 Å². The molecule has 1 saturated heterocycles. The van der Waals surface area contributed by atoms with Gasteiger partial charge in [-0.15, -0.1) is 0 Å². The first-order valence-electron chi connectivity index (χ1n) is 8.35. The van der Waals surface area contributed by atoms with E-state index in [9.17, 15) is 18.8 Å². The van der Waals surface area contributed by atoms with Crippen LogP contribution in [0.3, 0.4) is 0 Å². The van der Waals surface area contributed by atoms with Crippen LogP contribution >= 0.6 is 0 Å². The molecule has 1 aliphatic rings. The summed E-state index contributed by atoms with van der Waals surface area (Å²) in [5.74, 6) is -2.72. The van der Waals surface area contributed by atoms with Crippen molar-refractivity contribution in [2.75, 3.05) is 24.5 Å². The molecule has 1 fully saturated rings. The second-order valence-electron chi connectivity index (χ2n) is 6.09. The number of carbonyl (C=O) groups is 3. The summed E-state index contributed by atoms with van der Waals surface area (Å²) in [6, 6.07) is 12.3. The molecule has 27 heavy (non-hydrogen) atoms. The molecule has 140 valence electrons. The predicted octanol–water partition coefficient (Wildman–Crippen LogP) is 2.08. The highest BCUT2D eigenvalue weighted by Gasteiger charge is 2.26. The Bertz CT molecular complexity index is 873. The number of nitrogens with zero attached hydrogens (tertiary/aromatic N) is 2. The van der Waals surface area contributed by atoms with E-state index in [1.807, 2.05) is 0 Å². The molecule has 0 radical (unpaired) electrons. The summed E-state index contributed by atoms with van der Waals surface area (Å²) in [5, 5.41) is 11.8. The Morgan fingerprint density at radius 2 is 1.93 bits per heavy atom. The maximum Gasteiger partial charge on any atom is 0.323 e. The molecule has 0 atom stereocenters. The molecular formula is C19H18FN3O4. The predicted molar refractivity (Wildman–Crippen MR) is 96.0 cm³/mol. The van der Waals surface area contributed by atoms with E-state index in [1.165, 1.54) is 17.0 Å². The van der Waals surface area contributed by atoms with Gasteiger partial charge in [-0.2, -0.15) is 0 Å². The fourth-order valence-corrected chi connectivity index (χ4v) is 2.90. The number of hydrogen-bond acceptors (Lipinski definition) is 3. The van der Waals surface area contributed by atoms with Gasteiger partial charge in [0.15, 0.2) is 0 Å². The van der Waals surface area contributed by atoms with Crippen molar-refractivity contribution in [3.63, 3.8) is 0 Å². The number of nitrogens with one attached hydrogen (secondary N) is 1. The lowest BCUT2D eigenvalue weighted by Crippen LogP contribution is -2.36. The van der Waals surface area contributed by atoms with Crippen molar-refractivity contribution < 1.29 is 23.9 Å². The highest BCUT2D eigenvalue weighted by Crippen LogP contribution is 2.22. The van der Waals surface area contributed by atoms with E-state index >= 15 is 0 Å². The van der Waals surface area contributed by atoms with E-state index < -0.39 is 24.2 Å². The van der Waals surface area contributed by atoms with Crippen LogP contribution in [0.2, 0.25) is 0 Å². The van der Waals surface area contributed by atoms with E-state index in [0.29, 0.717) is 18.8 Å². The second-order valence-corrected chi connectivity index (χ2v) is 6.09. The molecule has 0 unspecified atom stereocenters. The third kappa shape index (κ3) is 4.22. The lowest BCUT2D eigenvalue weighted by atomic mass is 10.1. The average Bonchev–Trinajstić information content (AvgIpc) is 3.07. The molecule has 0 bridgehead atoms. The summed E-state index contributed by atoms with van der Waals surface area (Å²) in [6.45, 7) is 0.320. The third-order valence-corrected chi connectivity index (χ3v) is 4.18. The van der Waals surface area contributed by atoms with Crippen LogP contribution in [0.1, 0.15) is 15.9 Å². The summed E-state index contributed by atoms with van der Waals surface area (Å²) in [4.78, 5) is 38.3. The highest BCUT2D eigenvalue weighted by molar-refractivity contribution is 5.99. The van der Waals surface area contributed by atoms with E-state index in [0.717, 1.165) is 16.5 Å². The zero-order valence-corrected chi connectivity index (χ0v) is 14.4. The molecule has 0 saturated carbocycles. The molecule has 2 N–H and O–H groups in total. The number of amides is 3. The number of carboxylic acids is 1. The number of rotatable bonds is 6. The zero-order chi connectivity index (χ0) is 19.4. The van der Waals surface area contributed by atoms with Crippen LogP contribution in [0.4, 0.5) is 14.9 Å². The first-order chi connectivity index (χ1) is 13.0. The minimum Gasteiger partial charge on any atom is -0.480 e. The van der Waals surface area contributed by atoms with Crippen LogP contribution in [0.5, 0.6) is 0 Å². The summed E-state index contributed by atoms with van der Waals surface area (Å²) in [5.41, 5.74) is 0.830. The Balaban J connectivity index is 1.90. The molecule has 1 heterocycles. The summed E-state index contributed by atoms with van der Waals surface area (Å²) in [7, 11) is 0. The molecule has 0 aliphatic carbocycles. The molecular weight excluding hydrogens is 353 g/mol. The number of anilines is 1. The number of halogens is 1. The number of carboxylic acid groups (broad SMARTS) is 1. The van der Waals surface area contributed by atoms with Crippen molar-refractivity contribution in [3.8, 4) is 0 Å². The van der Waals surface area contributed by atoms with Crippen molar-refractivity contribution in [3.05, 3.63) is 65.5 Å². The van der Waals surface area contributed by atoms with E-state index in [-0.39, 0.29) is 18.1 Å². The van der Waals surface area contributed by atoms with Crippen LogP contribution in [-0.2, 0) is 11.3 Å². The van der Waals surface area contributed by atoms with Crippen LogP contribution in [0.25, 0.3) is 0 Å². The average molecular weight is 371 g/mol. The van der Waals surface area contributed by atoms with Gasteiger partial charge >= 0.3 is 12.0 Å². The number of hydrogen-bond donors (Lipinski definition) is 2. The summed E-state index contributed by atoms with van der Waals surface area (Å²) < 4.78 is 14.3. The molecule has 3 rings (SSSR count). The Morgan fingerprint density at radius 3 is 2.56 bits per heavy atom. The van der Waals surface area contributed by atoms with Crippen molar-refractivity contribution >= 4 is 23.6 Å². The van der Waals surface area contributed by atoms with Gasteiger partial charge in [0.2, 0.25) is 0 Å². The van der Waals surface area contributed by atoms with Gasteiger partial charge in [-0.05, 0) is 23.8 Å². The van der Waals surface area contributed by atoms with Gasteiger partial charge in [0.1, 0.15) is 12.4 Å². The maximum absolute atomic E-state index is 14.3. The summed E-state index contributed by atoms with van der Waals surface area (Å²) >= 11 is 0. The van der Waals surface area contributed by atoms with Crippen molar-refractivity contribution in [1.29, 1.82) is 0 Å². The van der Waals surface area contributed by atoms with E-state index in [1.54, 1.807) is 30.3 Å². The number of aliphatic carboxylic acids is 1. The van der Waals surface area contributed by atoms with Crippen LogP contribution in [0.15, 0.2) is 48.5 Å². The molecule has 2 aromatic carbocycles. The second kappa shape index (κ2) is 7.86. The third-order valence-electron chi connectivity index (χ3n) is 4.18. The SMILES string of the molecule is O=C(O)CN(Cc1ccccc1)C(=O)c1cc(N2CCNC2=O)ccc1F. The van der Waals surface area contributed by atoms with E-state index in [2.05, 4.69) is 5.32 Å². The fraction of sp³-hybridized carbons (Fsp3) is 0.211. The van der Waals surface area contributed by atoms with Gasteiger partial charge in [0.05, 0.1) is 5.56 Å². The normalized spacial score (nSPS) is 13.4. The van der Waals surface area contributed by atoms with Gasteiger partial charge in [-0.3, -0.25) is 14.5 Å². The Hall–Kier alpha value is -3.42. The van der Waals surface area contributed by atoms with Crippen molar-refractivity contribution in [2.45, 2.75) is 6.54 Å². The summed E-state index contributed by atoms with van der Waals surface area (Å²) in [6.07, 6.45) is 0. The molecule has 7 nitrogen and oxygen atoms in total. The molecule has 0 spiro atoms. The molecule has 2 aromatic rings. The van der Waals surface area contributed by atoms with Gasteiger partial charge in [-0.1, -0.05) is 30.3 Å². The van der Waals surface area contributed by atoms with Gasteiger partial charge < -0.3 is 15.3 Å². The minimum atomic E-state index is -1.20. The lowest BCUT2D eigenvalue weighted by Gasteiger charge is -2.22. The quantitative estimate of drug-likeness (QED) is 0.814. The molecule has 8 heteroatoms. The monoisotopic (exact) mass is 371 g/mol. The van der Waals surface area contributed by atoms with Crippen molar-refractivity contribution in [2.24, 2.45) is 0 Å². The number of benzene rings is 2. The maximum atomic E-state index is 14.3. The molecule has 3 amide bonds. The smallest absolute Gasteiger partial charge is 0.323 e. The number of urea groups is 1. The number of carbonyl (C=O) groups excluding carboxylic acids is 2. The van der Waals surface area contributed by atoms with Gasteiger partial charge in [0.25, 0.3) is 5.91 Å². The molecule has 0 aromatic heterocycles. The first-order valence-corrected chi connectivity index (χ1v) is 8.35. The highest BCUT2D eigenvalue weighted by atomic mass is 19.1. The van der Waals surface area contributed by atoms with Crippen LogP contribution in [-0.4, -0.2) is 47.5 Å². The fourth-order valence-electron chi connectivity index (χ4n) is 2.90. The topological polar surface area (TPSA) is 89.9 Å². The van der Waals surface area contributed by atoms with Crippen LogP contribution in [0, 0.1) is 5.82 Å². The lowest BCUT2D eigenvalue weighted by molar-refractivity contribution is -0.137. The minimum absolute atomic E-state index is 0.0276. The van der Waals surface area contributed by atoms with Gasteiger partial charge in [-0.25, -0.2) is 9.18 Å². The van der Waals surface area contributed by atoms with E-state index in [4.69, 9.17) is 5.11 Å². The Kier molecular flexibility index (Phi) is 5.35. The molecule has 1 aliphatic heterocycles. The Morgan fingerprint density at radius 1 is 1.19 bits per heavy atom. The van der Waals surface area contributed by atoms with Crippen molar-refractivity contribution in [1.82, 2.24) is 10.2 Å². The van der Waals surface area contributed by atoms with Gasteiger partial charge in [0, 0.05) is 25.3 Å². The Labute approximate surface area is 155 Å². The largest absolute Gasteiger partial charge is 0.480 e. The standard InChI is InChI=1S/C19H18FN3O4/c20-16-7-6-14(23-9-8-21-19(23)27)10-15(16)18(26)22(12-17(24)25)11-13-4-2-1-3-5-13/h1-7,10H,8-9,11-12H2,(H,21,27)(H,24,25).